The Kier molecular flexibility index (Phi) is 3.40. The molecule has 0 aliphatic carbocycles. The minimum atomic E-state index is -0.277. The number of nitrogens with zero attached hydrogens (tertiary/aromatic N) is 1. The highest BCUT2D eigenvalue weighted by Crippen LogP contribution is 2.28. The largest absolute Gasteiger partial charge is 0.313 e. The van der Waals surface area contributed by atoms with E-state index in [1.54, 1.807) is 12.1 Å². The Labute approximate surface area is 122 Å². The Balaban J connectivity index is 2.25. The molecule has 1 heterocycles. The number of rotatable bonds is 3. The molecule has 3 heteroatoms. The van der Waals surface area contributed by atoms with Gasteiger partial charge in [-0.3, -0.25) is 4.79 Å². The van der Waals surface area contributed by atoms with E-state index < -0.39 is 0 Å². The first-order chi connectivity index (χ1) is 10.2. The van der Waals surface area contributed by atoms with Crippen molar-refractivity contribution in [2.24, 2.45) is 0 Å². The van der Waals surface area contributed by atoms with E-state index in [0.29, 0.717) is 5.56 Å². The predicted octanol–water partition coefficient (Wildman–Crippen LogP) is 4.40. The Morgan fingerprint density at radius 2 is 1.67 bits per heavy atom. The second kappa shape index (κ2) is 5.37. The zero-order valence-electron chi connectivity index (χ0n) is 11.6. The molecule has 2 aromatic carbocycles. The molecule has 0 amide bonds. The van der Waals surface area contributed by atoms with E-state index in [-0.39, 0.29) is 5.82 Å². The summed E-state index contributed by atoms with van der Waals surface area (Å²) in [6.45, 7) is 1.89. The van der Waals surface area contributed by atoms with Crippen LogP contribution < -0.4 is 0 Å². The Bertz CT molecular complexity index is 773. The molecule has 0 radical (unpaired) electrons. The second-order valence-electron chi connectivity index (χ2n) is 4.87. The topological polar surface area (TPSA) is 22.0 Å². The third-order valence-corrected chi connectivity index (χ3v) is 3.57. The number of benzene rings is 2. The number of aromatic nitrogens is 1. The summed E-state index contributed by atoms with van der Waals surface area (Å²) in [4.78, 5) is 11.2. The average molecular weight is 279 g/mol. The molecule has 0 N–H and O–H groups in total. The van der Waals surface area contributed by atoms with E-state index in [1.807, 2.05) is 47.9 Å². The van der Waals surface area contributed by atoms with Crippen LogP contribution in [0, 0.1) is 12.7 Å². The van der Waals surface area contributed by atoms with Crippen molar-refractivity contribution in [1.82, 2.24) is 4.57 Å². The molecule has 0 aliphatic heterocycles. The summed E-state index contributed by atoms with van der Waals surface area (Å²) in [5, 5.41) is 0. The molecular weight excluding hydrogens is 265 g/mol. The van der Waals surface area contributed by atoms with Crippen LogP contribution in [0.2, 0.25) is 0 Å². The first-order valence-electron chi connectivity index (χ1n) is 6.69. The Morgan fingerprint density at radius 3 is 2.29 bits per heavy atom. The smallest absolute Gasteiger partial charge is 0.151 e. The molecule has 0 spiro atoms. The van der Waals surface area contributed by atoms with Crippen molar-refractivity contribution in [3.8, 4) is 16.9 Å². The van der Waals surface area contributed by atoms with Gasteiger partial charge < -0.3 is 4.57 Å². The fourth-order valence-corrected chi connectivity index (χ4v) is 2.49. The maximum Gasteiger partial charge on any atom is 0.151 e. The third kappa shape index (κ3) is 2.38. The number of carbonyl (C=O) groups excluding carboxylic acids is 1. The summed E-state index contributed by atoms with van der Waals surface area (Å²) >= 11 is 0. The predicted molar refractivity (Wildman–Crippen MR) is 81.3 cm³/mol. The molecule has 1 aromatic heterocycles. The molecule has 0 aliphatic rings. The zero-order valence-corrected chi connectivity index (χ0v) is 11.6. The molecule has 104 valence electrons. The van der Waals surface area contributed by atoms with E-state index in [0.717, 1.165) is 28.9 Å². The van der Waals surface area contributed by atoms with Crippen LogP contribution in [0.1, 0.15) is 16.1 Å². The molecule has 3 rings (SSSR count). The molecule has 21 heavy (non-hydrogen) atoms. The Hall–Kier alpha value is -2.68. The zero-order chi connectivity index (χ0) is 14.8. The molecular formula is C18H14FNO. The van der Waals surface area contributed by atoms with E-state index in [9.17, 15) is 9.18 Å². The van der Waals surface area contributed by atoms with Gasteiger partial charge in [0.1, 0.15) is 5.82 Å². The van der Waals surface area contributed by atoms with E-state index in [1.165, 1.54) is 12.1 Å². The highest BCUT2D eigenvalue weighted by molar-refractivity contribution is 5.82. The quantitative estimate of drug-likeness (QED) is 0.651. The summed E-state index contributed by atoms with van der Waals surface area (Å²) in [5.74, 6) is -0.277. The molecule has 2 nitrogen and oxygen atoms in total. The van der Waals surface area contributed by atoms with Crippen molar-refractivity contribution in [3.63, 3.8) is 0 Å². The van der Waals surface area contributed by atoms with Crippen molar-refractivity contribution >= 4 is 6.29 Å². The molecule has 0 bridgehead atoms. The van der Waals surface area contributed by atoms with Gasteiger partial charge in [0.25, 0.3) is 0 Å². The normalized spacial score (nSPS) is 10.6. The van der Waals surface area contributed by atoms with Gasteiger partial charge >= 0.3 is 0 Å². The standard InChI is InChI=1S/C18H14FNO/c1-13-15(12-21)11-18(14-5-3-2-4-6-14)20(13)17-9-7-16(19)8-10-17/h2-12H,1H3. The van der Waals surface area contributed by atoms with Gasteiger partial charge in [0.05, 0.1) is 5.69 Å². The number of hydrogen-bond donors (Lipinski definition) is 0. The summed E-state index contributed by atoms with van der Waals surface area (Å²) in [7, 11) is 0. The number of halogens is 1. The number of carbonyl (C=O) groups is 1. The molecule has 3 aromatic rings. The Morgan fingerprint density at radius 1 is 1.00 bits per heavy atom. The summed E-state index contributed by atoms with van der Waals surface area (Å²) in [6.07, 6.45) is 0.849. The van der Waals surface area contributed by atoms with Crippen molar-refractivity contribution in [1.29, 1.82) is 0 Å². The highest BCUT2D eigenvalue weighted by Gasteiger charge is 2.14. The van der Waals surface area contributed by atoms with Crippen LogP contribution in [-0.4, -0.2) is 10.9 Å². The maximum atomic E-state index is 13.1. The minimum Gasteiger partial charge on any atom is -0.313 e. The lowest BCUT2D eigenvalue weighted by molar-refractivity contribution is 0.112. The fourth-order valence-electron chi connectivity index (χ4n) is 2.49. The van der Waals surface area contributed by atoms with Crippen molar-refractivity contribution in [3.05, 3.63) is 77.7 Å². The van der Waals surface area contributed by atoms with Gasteiger partial charge in [0, 0.05) is 16.9 Å². The van der Waals surface area contributed by atoms with E-state index in [4.69, 9.17) is 0 Å². The first kappa shape index (κ1) is 13.3. The maximum absolute atomic E-state index is 13.1. The monoisotopic (exact) mass is 279 g/mol. The second-order valence-corrected chi connectivity index (χ2v) is 4.87. The first-order valence-corrected chi connectivity index (χ1v) is 6.69. The van der Waals surface area contributed by atoms with Gasteiger partial charge in [0.15, 0.2) is 6.29 Å². The molecule has 0 saturated carbocycles. The third-order valence-electron chi connectivity index (χ3n) is 3.57. The van der Waals surface area contributed by atoms with Crippen LogP contribution in [0.25, 0.3) is 16.9 Å². The number of aldehydes is 1. The molecule has 0 unspecified atom stereocenters. The van der Waals surface area contributed by atoms with Crippen LogP contribution in [0.5, 0.6) is 0 Å². The van der Waals surface area contributed by atoms with Crippen LogP contribution in [0.4, 0.5) is 4.39 Å². The minimum absolute atomic E-state index is 0.277. The summed E-state index contributed by atoms with van der Waals surface area (Å²) in [6, 6.07) is 18.0. The van der Waals surface area contributed by atoms with Gasteiger partial charge in [-0.25, -0.2) is 4.39 Å². The van der Waals surface area contributed by atoms with Crippen LogP contribution in [0.15, 0.2) is 60.7 Å². The van der Waals surface area contributed by atoms with Gasteiger partial charge in [-0.2, -0.15) is 0 Å². The summed E-state index contributed by atoms with van der Waals surface area (Å²) < 4.78 is 15.1. The lowest BCUT2D eigenvalue weighted by Crippen LogP contribution is -1.99. The van der Waals surface area contributed by atoms with Crippen LogP contribution >= 0.6 is 0 Å². The van der Waals surface area contributed by atoms with Crippen LogP contribution in [0.3, 0.4) is 0 Å². The highest BCUT2D eigenvalue weighted by atomic mass is 19.1. The van der Waals surface area contributed by atoms with Crippen LogP contribution in [-0.2, 0) is 0 Å². The molecule has 0 saturated heterocycles. The van der Waals surface area contributed by atoms with Gasteiger partial charge in [-0.1, -0.05) is 30.3 Å². The SMILES string of the molecule is Cc1c(C=O)cc(-c2ccccc2)n1-c1ccc(F)cc1. The fraction of sp³-hybridized carbons (Fsp3) is 0.0556. The average Bonchev–Trinajstić information content (AvgIpc) is 2.86. The number of hydrogen-bond acceptors (Lipinski definition) is 1. The van der Waals surface area contributed by atoms with Gasteiger partial charge in [-0.15, -0.1) is 0 Å². The van der Waals surface area contributed by atoms with Gasteiger partial charge in [-0.05, 0) is 42.8 Å². The molecule has 0 fully saturated rings. The summed E-state index contributed by atoms with van der Waals surface area (Å²) in [5.41, 5.74) is 4.24. The van der Waals surface area contributed by atoms with E-state index >= 15 is 0 Å². The van der Waals surface area contributed by atoms with Crippen molar-refractivity contribution in [2.45, 2.75) is 6.92 Å². The lowest BCUT2D eigenvalue weighted by atomic mass is 10.1. The van der Waals surface area contributed by atoms with Crippen molar-refractivity contribution < 1.29 is 9.18 Å². The van der Waals surface area contributed by atoms with E-state index in [2.05, 4.69) is 0 Å². The van der Waals surface area contributed by atoms with Gasteiger partial charge in [0.2, 0.25) is 0 Å². The molecule has 0 atom stereocenters. The van der Waals surface area contributed by atoms with Crippen molar-refractivity contribution in [2.75, 3.05) is 0 Å². The lowest BCUT2D eigenvalue weighted by Gasteiger charge is -2.12.